The fourth-order valence-corrected chi connectivity index (χ4v) is 1.44. The molecule has 0 spiro atoms. The molecular weight excluding hydrogens is 232 g/mol. The molecule has 1 N–H and O–H groups in total. The highest BCUT2D eigenvalue weighted by molar-refractivity contribution is 9.10. The van der Waals surface area contributed by atoms with E-state index >= 15 is 0 Å². The Morgan fingerprint density at radius 3 is 2.85 bits per heavy atom. The zero-order valence-electron chi connectivity index (χ0n) is 7.75. The minimum absolute atomic E-state index is 0.0342. The summed E-state index contributed by atoms with van der Waals surface area (Å²) >= 11 is 3.34. The molecule has 0 aliphatic rings. The molecule has 0 fully saturated rings. The number of carbonyl (C=O) groups excluding carboxylic acids is 1. The van der Waals surface area contributed by atoms with Gasteiger partial charge in [-0.05, 0) is 41.9 Å². The van der Waals surface area contributed by atoms with E-state index in [1.54, 1.807) is 0 Å². The second-order valence-electron chi connectivity index (χ2n) is 3.18. The molecule has 1 heterocycles. The molecular formula is C9H13BrN2O. The lowest BCUT2D eigenvalue weighted by atomic mass is 10.4. The van der Waals surface area contributed by atoms with Crippen LogP contribution in [0.3, 0.4) is 0 Å². The summed E-state index contributed by atoms with van der Waals surface area (Å²) in [5, 5.41) is 2.83. The van der Waals surface area contributed by atoms with Gasteiger partial charge in [0.25, 0.3) is 0 Å². The van der Waals surface area contributed by atoms with Crippen molar-refractivity contribution in [3.8, 4) is 0 Å². The van der Waals surface area contributed by atoms with Crippen molar-refractivity contribution in [3.63, 3.8) is 0 Å². The zero-order chi connectivity index (χ0) is 9.84. The summed E-state index contributed by atoms with van der Waals surface area (Å²) in [5.41, 5.74) is 0. The summed E-state index contributed by atoms with van der Waals surface area (Å²) in [6, 6.07) is 4.00. The maximum absolute atomic E-state index is 11.3. The first-order chi connectivity index (χ1) is 6.09. The van der Waals surface area contributed by atoms with E-state index in [2.05, 4.69) is 21.2 Å². The van der Waals surface area contributed by atoms with Gasteiger partial charge in [0.15, 0.2) is 0 Å². The Morgan fingerprint density at radius 1 is 1.69 bits per heavy atom. The smallest absolute Gasteiger partial charge is 0.240 e. The fourth-order valence-electron chi connectivity index (χ4n) is 1.04. The monoisotopic (exact) mass is 244 g/mol. The van der Waals surface area contributed by atoms with Gasteiger partial charge in [-0.1, -0.05) is 0 Å². The largest absolute Gasteiger partial charge is 0.352 e. The van der Waals surface area contributed by atoms with Crippen LogP contribution in [0.5, 0.6) is 0 Å². The molecule has 0 atom stereocenters. The van der Waals surface area contributed by atoms with Gasteiger partial charge in [-0.15, -0.1) is 0 Å². The van der Waals surface area contributed by atoms with Crippen LogP contribution in [0.25, 0.3) is 0 Å². The molecule has 0 saturated carbocycles. The molecule has 0 aromatic carbocycles. The van der Waals surface area contributed by atoms with Crippen molar-refractivity contribution in [2.75, 3.05) is 0 Å². The number of hydrogen-bond donors (Lipinski definition) is 1. The van der Waals surface area contributed by atoms with Gasteiger partial charge in [-0.2, -0.15) is 0 Å². The number of halogens is 1. The summed E-state index contributed by atoms with van der Waals surface area (Å²) < 4.78 is 2.77. The molecule has 0 unspecified atom stereocenters. The van der Waals surface area contributed by atoms with Gasteiger partial charge in [0.1, 0.15) is 6.54 Å². The number of nitrogens with one attached hydrogen (secondary N) is 1. The summed E-state index contributed by atoms with van der Waals surface area (Å²) in [7, 11) is 0. The molecule has 3 nitrogen and oxygen atoms in total. The van der Waals surface area contributed by atoms with E-state index in [1.165, 1.54) is 0 Å². The van der Waals surface area contributed by atoms with E-state index in [4.69, 9.17) is 0 Å². The number of nitrogens with zero attached hydrogens (tertiary/aromatic N) is 1. The zero-order valence-corrected chi connectivity index (χ0v) is 9.34. The second-order valence-corrected chi connectivity index (χ2v) is 3.99. The van der Waals surface area contributed by atoms with Crippen LogP contribution in [0.4, 0.5) is 0 Å². The molecule has 72 valence electrons. The summed E-state index contributed by atoms with van der Waals surface area (Å²) in [6.07, 6.45) is 1.87. The van der Waals surface area contributed by atoms with Crippen LogP contribution >= 0.6 is 15.9 Å². The van der Waals surface area contributed by atoms with Crippen molar-refractivity contribution in [2.24, 2.45) is 0 Å². The van der Waals surface area contributed by atoms with Crippen molar-refractivity contribution in [2.45, 2.75) is 26.4 Å². The molecule has 0 saturated heterocycles. The summed E-state index contributed by atoms with van der Waals surface area (Å²) in [4.78, 5) is 11.3. The van der Waals surface area contributed by atoms with E-state index in [0.29, 0.717) is 6.54 Å². The van der Waals surface area contributed by atoms with Gasteiger partial charge in [0, 0.05) is 12.2 Å². The SMILES string of the molecule is CC(C)NC(=O)Cn1cccc1Br. The van der Waals surface area contributed by atoms with Gasteiger partial charge in [-0.3, -0.25) is 4.79 Å². The molecule has 1 rings (SSSR count). The number of amides is 1. The molecule has 0 aliphatic carbocycles. The van der Waals surface area contributed by atoms with Crippen molar-refractivity contribution >= 4 is 21.8 Å². The third-order valence-electron chi connectivity index (χ3n) is 1.54. The normalized spacial score (nSPS) is 10.5. The third-order valence-corrected chi connectivity index (χ3v) is 2.26. The quantitative estimate of drug-likeness (QED) is 0.865. The van der Waals surface area contributed by atoms with Crippen molar-refractivity contribution in [1.82, 2.24) is 9.88 Å². The standard InChI is InChI=1S/C9H13BrN2O/c1-7(2)11-9(13)6-12-5-3-4-8(12)10/h3-5,7H,6H2,1-2H3,(H,11,13). The highest BCUT2D eigenvalue weighted by Gasteiger charge is 2.05. The summed E-state index contributed by atoms with van der Waals surface area (Å²) in [5.74, 6) is 0.0342. The van der Waals surface area contributed by atoms with Crippen LogP contribution in [0.1, 0.15) is 13.8 Å². The van der Waals surface area contributed by atoms with E-state index < -0.39 is 0 Å². The van der Waals surface area contributed by atoms with Crippen LogP contribution in [-0.4, -0.2) is 16.5 Å². The van der Waals surface area contributed by atoms with Gasteiger partial charge < -0.3 is 9.88 Å². The van der Waals surface area contributed by atoms with Crippen LogP contribution < -0.4 is 5.32 Å². The number of hydrogen-bond acceptors (Lipinski definition) is 1. The summed E-state index contributed by atoms with van der Waals surface area (Å²) in [6.45, 7) is 4.26. The van der Waals surface area contributed by atoms with E-state index in [9.17, 15) is 4.79 Å². The number of carbonyl (C=O) groups is 1. The Hall–Kier alpha value is -0.770. The third kappa shape index (κ3) is 3.22. The number of aromatic nitrogens is 1. The first-order valence-electron chi connectivity index (χ1n) is 4.19. The maximum Gasteiger partial charge on any atom is 0.240 e. The minimum atomic E-state index is 0.0342. The Balaban J connectivity index is 2.50. The molecule has 1 amide bonds. The minimum Gasteiger partial charge on any atom is -0.352 e. The van der Waals surface area contributed by atoms with E-state index in [1.807, 2.05) is 36.7 Å². The average molecular weight is 245 g/mol. The lowest BCUT2D eigenvalue weighted by Gasteiger charge is -2.09. The first kappa shape index (κ1) is 10.3. The topological polar surface area (TPSA) is 34.0 Å². The highest BCUT2D eigenvalue weighted by atomic mass is 79.9. The molecule has 1 aromatic rings. The average Bonchev–Trinajstić information content (AvgIpc) is 2.34. The molecule has 0 aliphatic heterocycles. The van der Waals surface area contributed by atoms with E-state index in [-0.39, 0.29) is 11.9 Å². The molecule has 0 bridgehead atoms. The predicted octanol–water partition coefficient (Wildman–Crippen LogP) is 1.78. The van der Waals surface area contributed by atoms with Gasteiger partial charge in [0.05, 0.1) is 4.60 Å². The Morgan fingerprint density at radius 2 is 2.38 bits per heavy atom. The van der Waals surface area contributed by atoms with Gasteiger partial charge in [0.2, 0.25) is 5.91 Å². The highest BCUT2D eigenvalue weighted by Crippen LogP contribution is 2.09. The molecule has 4 heteroatoms. The maximum atomic E-state index is 11.3. The van der Waals surface area contributed by atoms with Crippen LogP contribution in [0, 0.1) is 0 Å². The Labute approximate surface area is 86.3 Å². The fraction of sp³-hybridized carbons (Fsp3) is 0.444. The predicted molar refractivity (Wildman–Crippen MR) is 55.4 cm³/mol. The van der Waals surface area contributed by atoms with Gasteiger partial charge in [-0.25, -0.2) is 0 Å². The Bertz CT molecular complexity index is 294. The van der Waals surface area contributed by atoms with Crippen LogP contribution in [-0.2, 0) is 11.3 Å². The van der Waals surface area contributed by atoms with Crippen LogP contribution in [0.15, 0.2) is 22.9 Å². The first-order valence-corrected chi connectivity index (χ1v) is 4.99. The molecule has 1 aromatic heterocycles. The van der Waals surface area contributed by atoms with Crippen molar-refractivity contribution < 1.29 is 4.79 Å². The molecule has 0 radical (unpaired) electrons. The van der Waals surface area contributed by atoms with Crippen LogP contribution in [0.2, 0.25) is 0 Å². The van der Waals surface area contributed by atoms with Gasteiger partial charge >= 0.3 is 0 Å². The Kier molecular flexibility index (Phi) is 3.54. The van der Waals surface area contributed by atoms with E-state index in [0.717, 1.165) is 4.60 Å². The lowest BCUT2D eigenvalue weighted by Crippen LogP contribution is -2.32. The molecule has 13 heavy (non-hydrogen) atoms. The van der Waals surface area contributed by atoms with Crippen molar-refractivity contribution in [1.29, 1.82) is 0 Å². The number of rotatable bonds is 3. The lowest BCUT2D eigenvalue weighted by molar-refractivity contribution is -0.122. The second kappa shape index (κ2) is 4.46. The van der Waals surface area contributed by atoms with Crippen molar-refractivity contribution in [3.05, 3.63) is 22.9 Å².